The number of nitrogens with zero attached hydrogens (tertiary/aromatic N) is 2. The van der Waals surface area contributed by atoms with Gasteiger partial charge in [-0.3, -0.25) is 9.89 Å². The van der Waals surface area contributed by atoms with Crippen LogP contribution < -0.4 is 5.32 Å². The number of amides is 1. The molecule has 0 atom stereocenters. The van der Waals surface area contributed by atoms with Gasteiger partial charge in [0.25, 0.3) is 5.91 Å². The van der Waals surface area contributed by atoms with Crippen LogP contribution >= 0.6 is 0 Å². The normalized spacial score (nSPS) is 11.4. The third-order valence-corrected chi connectivity index (χ3v) is 3.38. The van der Waals surface area contributed by atoms with E-state index in [-0.39, 0.29) is 11.3 Å². The molecular formula is C17H18N4O2. The molecular weight excluding hydrogens is 292 g/mol. The SMILES string of the molecule is CC(C)(C)c1cc(NC(=O)c2cc(-c3ccccc3)n[nH]2)no1. The molecule has 23 heavy (non-hydrogen) atoms. The highest BCUT2D eigenvalue weighted by Crippen LogP contribution is 2.24. The summed E-state index contributed by atoms with van der Waals surface area (Å²) in [5.74, 6) is 0.784. The Morgan fingerprint density at radius 1 is 1.17 bits per heavy atom. The largest absolute Gasteiger partial charge is 0.359 e. The summed E-state index contributed by atoms with van der Waals surface area (Å²) in [6.45, 7) is 6.04. The highest BCUT2D eigenvalue weighted by Gasteiger charge is 2.21. The summed E-state index contributed by atoms with van der Waals surface area (Å²) in [6, 6.07) is 13.1. The Morgan fingerprint density at radius 3 is 2.57 bits per heavy atom. The van der Waals surface area contributed by atoms with Crippen LogP contribution in [-0.2, 0) is 5.41 Å². The molecule has 3 rings (SSSR count). The van der Waals surface area contributed by atoms with E-state index in [2.05, 4.69) is 20.7 Å². The average Bonchev–Trinajstić information content (AvgIpc) is 3.16. The van der Waals surface area contributed by atoms with Crippen molar-refractivity contribution in [2.45, 2.75) is 26.2 Å². The van der Waals surface area contributed by atoms with Crippen molar-refractivity contribution in [3.05, 3.63) is 53.9 Å². The van der Waals surface area contributed by atoms with Gasteiger partial charge in [0.2, 0.25) is 0 Å². The van der Waals surface area contributed by atoms with E-state index in [1.807, 2.05) is 51.1 Å². The Bertz CT molecular complexity index is 812. The van der Waals surface area contributed by atoms with Crippen molar-refractivity contribution >= 4 is 11.7 Å². The number of benzene rings is 1. The number of anilines is 1. The maximum absolute atomic E-state index is 12.3. The zero-order chi connectivity index (χ0) is 16.4. The molecule has 0 spiro atoms. The van der Waals surface area contributed by atoms with E-state index in [0.29, 0.717) is 23.0 Å². The topological polar surface area (TPSA) is 83.8 Å². The van der Waals surface area contributed by atoms with Crippen LogP contribution in [0.15, 0.2) is 47.0 Å². The van der Waals surface area contributed by atoms with Crippen molar-refractivity contribution in [3.8, 4) is 11.3 Å². The number of carbonyl (C=O) groups is 1. The molecule has 0 aliphatic heterocycles. The second-order valence-electron chi connectivity index (χ2n) is 6.31. The molecule has 1 amide bonds. The lowest BCUT2D eigenvalue weighted by atomic mass is 9.93. The molecule has 0 radical (unpaired) electrons. The minimum absolute atomic E-state index is 0.162. The number of H-pyrrole nitrogens is 1. The number of hydrogen-bond donors (Lipinski definition) is 2. The van der Waals surface area contributed by atoms with Gasteiger partial charge in [0.15, 0.2) is 5.82 Å². The first-order valence-corrected chi connectivity index (χ1v) is 7.33. The van der Waals surface area contributed by atoms with Gasteiger partial charge < -0.3 is 9.84 Å². The highest BCUT2D eigenvalue weighted by atomic mass is 16.5. The smallest absolute Gasteiger partial charge is 0.274 e. The molecule has 0 saturated carbocycles. The number of aromatic amines is 1. The molecule has 0 fully saturated rings. The predicted octanol–water partition coefficient (Wildman–Crippen LogP) is 3.61. The molecule has 1 aromatic carbocycles. The number of hydrogen-bond acceptors (Lipinski definition) is 4. The number of aromatic nitrogens is 3. The maximum atomic E-state index is 12.3. The fourth-order valence-corrected chi connectivity index (χ4v) is 2.07. The van der Waals surface area contributed by atoms with E-state index in [4.69, 9.17) is 4.52 Å². The van der Waals surface area contributed by atoms with Crippen LogP contribution in [0.4, 0.5) is 5.82 Å². The zero-order valence-corrected chi connectivity index (χ0v) is 13.3. The van der Waals surface area contributed by atoms with Crippen LogP contribution in [0.5, 0.6) is 0 Å². The summed E-state index contributed by atoms with van der Waals surface area (Å²) >= 11 is 0. The van der Waals surface area contributed by atoms with E-state index in [9.17, 15) is 4.79 Å². The maximum Gasteiger partial charge on any atom is 0.274 e. The number of nitrogens with one attached hydrogen (secondary N) is 2. The van der Waals surface area contributed by atoms with Crippen molar-refractivity contribution in [1.82, 2.24) is 15.4 Å². The van der Waals surface area contributed by atoms with Gasteiger partial charge >= 0.3 is 0 Å². The van der Waals surface area contributed by atoms with Gasteiger partial charge in [0, 0.05) is 17.0 Å². The van der Waals surface area contributed by atoms with Crippen LogP contribution in [-0.4, -0.2) is 21.3 Å². The van der Waals surface area contributed by atoms with E-state index in [1.54, 1.807) is 12.1 Å². The van der Waals surface area contributed by atoms with Crippen molar-refractivity contribution in [2.24, 2.45) is 0 Å². The van der Waals surface area contributed by atoms with Crippen LogP contribution in [0.3, 0.4) is 0 Å². The third-order valence-electron chi connectivity index (χ3n) is 3.38. The lowest BCUT2D eigenvalue weighted by Crippen LogP contribution is -2.13. The number of rotatable bonds is 3. The first-order chi connectivity index (χ1) is 10.9. The molecule has 0 saturated heterocycles. The Hall–Kier alpha value is -2.89. The summed E-state index contributed by atoms with van der Waals surface area (Å²) in [5, 5.41) is 13.5. The van der Waals surface area contributed by atoms with Crippen molar-refractivity contribution in [1.29, 1.82) is 0 Å². The molecule has 118 valence electrons. The van der Waals surface area contributed by atoms with Gasteiger partial charge in [0.05, 0.1) is 5.69 Å². The first-order valence-electron chi connectivity index (χ1n) is 7.33. The van der Waals surface area contributed by atoms with Gasteiger partial charge in [-0.2, -0.15) is 5.10 Å². The lowest BCUT2D eigenvalue weighted by molar-refractivity contribution is 0.102. The van der Waals surface area contributed by atoms with Crippen molar-refractivity contribution in [3.63, 3.8) is 0 Å². The van der Waals surface area contributed by atoms with Crippen LogP contribution in [0.2, 0.25) is 0 Å². The Balaban J connectivity index is 1.74. The third kappa shape index (κ3) is 3.31. The molecule has 2 aromatic heterocycles. The summed E-state index contributed by atoms with van der Waals surface area (Å²) < 4.78 is 5.25. The minimum Gasteiger partial charge on any atom is -0.359 e. The fourth-order valence-electron chi connectivity index (χ4n) is 2.07. The van der Waals surface area contributed by atoms with Gasteiger partial charge in [-0.15, -0.1) is 0 Å². The molecule has 0 aliphatic rings. The molecule has 2 N–H and O–H groups in total. The molecule has 2 heterocycles. The van der Waals surface area contributed by atoms with E-state index in [1.165, 1.54) is 0 Å². The van der Waals surface area contributed by atoms with Gasteiger partial charge in [-0.25, -0.2) is 0 Å². The Kier molecular flexibility index (Phi) is 3.73. The molecule has 0 unspecified atom stereocenters. The van der Waals surface area contributed by atoms with Gasteiger partial charge in [0.1, 0.15) is 11.5 Å². The second-order valence-corrected chi connectivity index (χ2v) is 6.31. The van der Waals surface area contributed by atoms with E-state index < -0.39 is 0 Å². The van der Waals surface area contributed by atoms with Crippen LogP contribution in [0.25, 0.3) is 11.3 Å². The summed E-state index contributed by atoms with van der Waals surface area (Å²) in [4.78, 5) is 12.3. The van der Waals surface area contributed by atoms with Crippen molar-refractivity contribution in [2.75, 3.05) is 5.32 Å². The van der Waals surface area contributed by atoms with Gasteiger partial charge in [-0.05, 0) is 6.07 Å². The quantitative estimate of drug-likeness (QED) is 0.774. The Labute approximate surface area is 133 Å². The predicted molar refractivity (Wildman–Crippen MR) is 87.2 cm³/mol. The molecule has 0 bridgehead atoms. The van der Waals surface area contributed by atoms with Crippen LogP contribution in [0, 0.1) is 0 Å². The lowest BCUT2D eigenvalue weighted by Gasteiger charge is -2.11. The molecule has 6 heteroatoms. The standard InChI is InChI=1S/C17H18N4O2/c1-17(2,3)14-10-15(21-23-14)18-16(22)13-9-12(19-20-13)11-7-5-4-6-8-11/h4-10H,1-3H3,(H,19,20)(H,18,21,22). The Morgan fingerprint density at radius 2 is 1.91 bits per heavy atom. The minimum atomic E-state index is -0.312. The van der Waals surface area contributed by atoms with E-state index in [0.717, 1.165) is 5.56 Å². The average molecular weight is 310 g/mol. The summed E-state index contributed by atoms with van der Waals surface area (Å²) in [7, 11) is 0. The van der Waals surface area contributed by atoms with Crippen molar-refractivity contribution < 1.29 is 9.32 Å². The summed E-state index contributed by atoms with van der Waals surface area (Å²) in [5.41, 5.74) is 1.86. The first kappa shape index (κ1) is 15.0. The molecule has 0 aliphatic carbocycles. The second kappa shape index (κ2) is 5.72. The number of carbonyl (C=O) groups excluding carboxylic acids is 1. The molecule has 3 aromatic rings. The van der Waals surface area contributed by atoms with E-state index >= 15 is 0 Å². The monoisotopic (exact) mass is 310 g/mol. The summed E-state index contributed by atoms with van der Waals surface area (Å²) in [6.07, 6.45) is 0. The molecule has 6 nitrogen and oxygen atoms in total. The zero-order valence-electron chi connectivity index (χ0n) is 13.3. The highest BCUT2D eigenvalue weighted by molar-refractivity contribution is 6.02. The van der Waals surface area contributed by atoms with Crippen LogP contribution in [0.1, 0.15) is 37.0 Å². The fraction of sp³-hybridized carbons (Fsp3) is 0.235. The van der Waals surface area contributed by atoms with Gasteiger partial charge in [-0.1, -0.05) is 56.3 Å².